The van der Waals surface area contributed by atoms with Crippen molar-refractivity contribution in [2.24, 2.45) is 5.92 Å². The first kappa shape index (κ1) is 15.0. The Morgan fingerprint density at radius 2 is 2.23 bits per heavy atom. The lowest BCUT2D eigenvalue weighted by Gasteiger charge is -2.27. The van der Waals surface area contributed by atoms with Gasteiger partial charge >= 0.3 is 0 Å². The molecule has 0 aliphatic carbocycles. The highest BCUT2D eigenvalue weighted by molar-refractivity contribution is 6.01. The van der Waals surface area contributed by atoms with Gasteiger partial charge in [-0.15, -0.1) is 0 Å². The van der Waals surface area contributed by atoms with Crippen LogP contribution in [0.25, 0.3) is 0 Å². The molecule has 5 heteroatoms. The molecule has 0 unspecified atom stereocenters. The second-order valence-electron chi connectivity index (χ2n) is 6.22. The van der Waals surface area contributed by atoms with Gasteiger partial charge in [0.25, 0.3) is 0 Å². The maximum Gasteiger partial charge on any atom is 0.231 e. The number of fused-ring (bicyclic) bond motifs is 1. The topological polar surface area (TPSA) is 61.4 Å². The molecule has 2 aliphatic rings. The molecular weight excluding hydrogens is 278 g/mol. The van der Waals surface area contributed by atoms with Gasteiger partial charge in [0.15, 0.2) is 0 Å². The van der Waals surface area contributed by atoms with Crippen molar-refractivity contribution in [3.8, 4) is 0 Å². The number of hydrogen-bond acceptors (Lipinski definition) is 3. The number of amides is 2. The van der Waals surface area contributed by atoms with Crippen LogP contribution in [0.2, 0.25) is 0 Å². The summed E-state index contributed by atoms with van der Waals surface area (Å²) in [6, 6.07) is 8.25. The van der Waals surface area contributed by atoms with Crippen molar-refractivity contribution in [3.05, 3.63) is 29.8 Å². The Morgan fingerprint density at radius 1 is 1.41 bits per heavy atom. The molecule has 2 aliphatic heterocycles. The zero-order valence-electron chi connectivity index (χ0n) is 13.0. The summed E-state index contributed by atoms with van der Waals surface area (Å²) in [5.41, 5.74) is 2.06. The first-order chi connectivity index (χ1) is 10.6. The largest absolute Gasteiger partial charge is 0.354 e. The molecule has 22 heavy (non-hydrogen) atoms. The molecule has 3 rings (SSSR count). The predicted molar refractivity (Wildman–Crippen MR) is 85.7 cm³/mol. The minimum absolute atomic E-state index is 0.0952. The molecule has 0 spiro atoms. The summed E-state index contributed by atoms with van der Waals surface area (Å²) in [7, 11) is 0. The van der Waals surface area contributed by atoms with Crippen LogP contribution in [0.4, 0.5) is 5.69 Å². The summed E-state index contributed by atoms with van der Waals surface area (Å²) in [5, 5.41) is 6.34. The molecule has 1 fully saturated rings. The van der Waals surface area contributed by atoms with Gasteiger partial charge in [-0.05, 0) is 37.9 Å². The second kappa shape index (κ2) is 6.48. The lowest BCUT2D eigenvalue weighted by molar-refractivity contribution is -0.126. The van der Waals surface area contributed by atoms with Crippen molar-refractivity contribution in [1.82, 2.24) is 10.6 Å². The van der Waals surface area contributed by atoms with Crippen LogP contribution in [0, 0.1) is 5.92 Å². The Balaban J connectivity index is 1.51. The lowest BCUT2D eigenvalue weighted by atomic mass is 9.92. The van der Waals surface area contributed by atoms with E-state index in [-0.39, 0.29) is 17.7 Å². The van der Waals surface area contributed by atoms with Crippen molar-refractivity contribution in [1.29, 1.82) is 0 Å². The fourth-order valence-electron chi connectivity index (χ4n) is 3.37. The number of piperidine rings is 1. The lowest BCUT2D eigenvalue weighted by Crippen LogP contribution is -2.44. The summed E-state index contributed by atoms with van der Waals surface area (Å²) in [6.45, 7) is 4.07. The number of rotatable bonds is 4. The van der Waals surface area contributed by atoms with E-state index < -0.39 is 0 Å². The Bertz CT molecular complexity index is 573. The average molecular weight is 301 g/mol. The van der Waals surface area contributed by atoms with Crippen molar-refractivity contribution in [2.45, 2.75) is 32.2 Å². The summed E-state index contributed by atoms with van der Waals surface area (Å²) in [6.07, 6.45) is 2.24. The zero-order valence-corrected chi connectivity index (χ0v) is 13.0. The quantitative estimate of drug-likeness (QED) is 0.875. The number of nitrogens with one attached hydrogen (secondary N) is 2. The number of para-hydroxylation sites is 1. The fourth-order valence-corrected chi connectivity index (χ4v) is 3.37. The second-order valence-corrected chi connectivity index (χ2v) is 6.22. The van der Waals surface area contributed by atoms with E-state index in [9.17, 15) is 9.59 Å². The van der Waals surface area contributed by atoms with E-state index in [0.29, 0.717) is 25.6 Å². The highest BCUT2D eigenvalue weighted by atomic mass is 16.2. The third-order valence-electron chi connectivity index (χ3n) is 4.55. The molecule has 1 aromatic rings. The smallest absolute Gasteiger partial charge is 0.231 e. The van der Waals surface area contributed by atoms with Crippen LogP contribution in [-0.4, -0.2) is 37.5 Å². The van der Waals surface area contributed by atoms with Crippen LogP contribution in [0.5, 0.6) is 0 Å². The summed E-state index contributed by atoms with van der Waals surface area (Å²) in [4.78, 5) is 26.0. The van der Waals surface area contributed by atoms with Crippen LogP contribution in [0.3, 0.4) is 0 Å². The first-order valence-corrected chi connectivity index (χ1v) is 8.04. The maximum atomic E-state index is 12.2. The van der Waals surface area contributed by atoms with E-state index in [2.05, 4.69) is 17.6 Å². The minimum Gasteiger partial charge on any atom is -0.354 e. The zero-order chi connectivity index (χ0) is 15.5. The monoisotopic (exact) mass is 301 g/mol. The van der Waals surface area contributed by atoms with E-state index in [0.717, 1.165) is 30.6 Å². The highest BCUT2D eigenvalue weighted by Gasteiger charge is 2.27. The normalized spacial score (nSPS) is 24.2. The van der Waals surface area contributed by atoms with Gasteiger partial charge in [-0.25, -0.2) is 0 Å². The molecule has 2 amide bonds. The van der Waals surface area contributed by atoms with E-state index in [4.69, 9.17) is 0 Å². The van der Waals surface area contributed by atoms with Gasteiger partial charge in [0.05, 0.1) is 6.42 Å². The van der Waals surface area contributed by atoms with Crippen LogP contribution in [-0.2, 0) is 16.0 Å². The summed E-state index contributed by atoms with van der Waals surface area (Å²) in [5.74, 6) is 0.331. The van der Waals surface area contributed by atoms with Crippen LogP contribution in [0.1, 0.15) is 25.3 Å². The SMILES string of the molecule is C[C@H]1C[C@@H](C(=O)NCCN2C(=O)Cc3ccccc32)CCN1. The summed E-state index contributed by atoms with van der Waals surface area (Å²) < 4.78 is 0. The van der Waals surface area contributed by atoms with E-state index in [1.165, 1.54) is 0 Å². The third-order valence-corrected chi connectivity index (χ3v) is 4.55. The molecule has 2 atom stereocenters. The van der Waals surface area contributed by atoms with E-state index in [1.54, 1.807) is 4.90 Å². The molecule has 5 nitrogen and oxygen atoms in total. The van der Waals surface area contributed by atoms with E-state index in [1.807, 2.05) is 24.3 Å². The first-order valence-electron chi connectivity index (χ1n) is 8.04. The molecule has 1 aromatic carbocycles. The van der Waals surface area contributed by atoms with Gasteiger partial charge in [-0.3, -0.25) is 9.59 Å². The van der Waals surface area contributed by atoms with Crippen LogP contribution >= 0.6 is 0 Å². The highest BCUT2D eigenvalue weighted by Crippen LogP contribution is 2.27. The fraction of sp³-hybridized carbons (Fsp3) is 0.529. The van der Waals surface area contributed by atoms with Gasteiger partial charge in [0, 0.05) is 30.7 Å². The molecule has 0 radical (unpaired) electrons. The molecule has 0 aromatic heterocycles. The molecule has 2 heterocycles. The van der Waals surface area contributed by atoms with Crippen molar-refractivity contribution >= 4 is 17.5 Å². The molecular formula is C17H23N3O2. The molecule has 0 saturated carbocycles. The van der Waals surface area contributed by atoms with Crippen LogP contribution < -0.4 is 15.5 Å². The standard InChI is InChI=1S/C17H23N3O2/c1-12-10-14(6-7-18-12)17(22)19-8-9-20-15-5-3-2-4-13(15)11-16(20)21/h2-5,12,14,18H,6-11H2,1H3,(H,19,22)/t12-,14-/m0/s1. The van der Waals surface area contributed by atoms with Crippen molar-refractivity contribution in [3.63, 3.8) is 0 Å². The Kier molecular flexibility index (Phi) is 4.43. The number of hydrogen-bond donors (Lipinski definition) is 2. The Labute approximate surface area is 131 Å². The van der Waals surface area contributed by atoms with Gasteiger partial charge in [0.2, 0.25) is 11.8 Å². The number of nitrogens with zero attached hydrogens (tertiary/aromatic N) is 1. The third kappa shape index (κ3) is 3.14. The molecule has 2 N–H and O–H groups in total. The molecule has 118 valence electrons. The van der Waals surface area contributed by atoms with Crippen molar-refractivity contribution < 1.29 is 9.59 Å². The molecule has 0 bridgehead atoms. The number of carbonyl (C=O) groups excluding carboxylic acids is 2. The maximum absolute atomic E-state index is 12.2. The Morgan fingerprint density at radius 3 is 3.05 bits per heavy atom. The van der Waals surface area contributed by atoms with E-state index >= 15 is 0 Å². The van der Waals surface area contributed by atoms with Crippen molar-refractivity contribution in [2.75, 3.05) is 24.5 Å². The number of anilines is 1. The van der Waals surface area contributed by atoms with Gasteiger partial charge in [0.1, 0.15) is 0 Å². The van der Waals surface area contributed by atoms with Gasteiger partial charge in [-0.1, -0.05) is 18.2 Å². The molecule has 1 saturated heterocycles. The average Bonchev–Trinajstić information content (AvgIpc) is 2.83. The number of carbonyl (C=O) groups is 2. The van der Waals surface area contributed by atoms with Gasteiger partial charge in [-0.2, -0.15) is 0 Å². The Hall–Kier alpha value is -1.88. The van der Waals surface area contributed by atoms with Gasteiger partial charge < -0.3 is 15.5 Å². The summed E-state index contributed by atoms with van der Waals surface area (Å²) >= 11 is 0. The predicted octanol–water partition coefficient (Wildman–Crippen LogP) is 1.08. The van der Waals surface area contributed by atoms with Crippen LogP contribution in [0.15, 0.2) is 24.3 Å². The minimum atomic E-state index is 0.0952. The number of benzene rings is 1.